The number of nitrogens with zero attached hydrogens (tertiary/aromatic N) is 1. The van der Waals surface area contributed by atoms with Gasteiger partial charge < -0.3 is 19.9 Å². The predicted octanol–water partition coefficient (Wildman–Crippen LogP) is 4.43. The van der Waals surface area contributed by atoms with Crippen LogP contribution in [0.25, 0.3) is 0 Å². The molecule has 1 aliphatic rings. The van der Waals surface area contributed by atoms with E-state index in [1.807, 2.05) is 18.2 Å². The molecule has 0 saturated carbocycles. The minimum Gasteiger partial charge on any atom is -0.471 e. The third-order valence-corrected chi connectivity index (χ3v) is 8.27. The number of rotatable bonds is 10. The summed E-state index contributed by atoms with van der Waals surface area (Å²) in [5, 5.41) is 25.7. The molecule has 222 valence electrons. The quantitative estimate of drug-likeness (QED) is 0.239. The average Bonchev–Trinajstić information content (AvgIpc) is 2.83. The first-order valence-electron chi connectivity index (χ1n) is 12.6. The van der Waals surface area contributed by atoms with E-state index in [0.717, 1.165) is 30.4 Å². The van der Waals surface area contributed by atoms with Gasteiger partial charge in [-0.3, -0.25) is 14.3 Å². The maximum Gasteiger partial charge on any atom is 0.427 e. The third kappa shape index (κ3) is 8.21. The van der Waals surface area contributed by atoms with Gasteiger partial charge in [0.25, 0.3) is 0 Å². The molecule has 1 heterocycles. The van der Waals surface area contributed by atoms with Crippen LogP contribution >= 0.6 is 0 Å². The lowest BCUT2D eigenvalue weighted by atomic mass is 9.86. The Labute approximate surface area is 232 Å². The molecule has 0 aliphatic carbocycles. The van der Waals surface area contributed by atoms with Gasteiger partial charge >= 0.3 is 11.9 Å². The molecule has 13 heteroatoms. The zero-order chi connectivity index (χ0) is 29.8. The van der Waals surface area contributed by atoms with Crippen molar-refractivity contribution in [1.29, 1.82) is 0 Å². The average molecular weight is 591 g/mol. The number of hydrogen-bond acceptors (Lipinski definition) is 7. The Morgan fingerprint density at radius 1 is 1.18 bits per heavy atom. The second-order valence-corrected chi connectivity index (χ2v) is 12.5. The van der Waals surface area contributed by atoms with E-state index < -0.39 is 69.9 Å². The highest BCUT2D eigenvalue weighted by molar-refractivity contribution is 7.85. The van der Waals surface area contributed by atoms with E-state index in [2.05, 4.69) is 36.9 Å². The van der Waals surface area contributed by atoms with Crippen LogP contribution in [-0.2, 0) is 33.9 Å². The van der Waals surface area contributed by atoms with Crippen molar-refractivity contribution in [2.75, 3.05) is 25.2 Å². The minimum absolute atomic E-state index is 0.0563. The Balaban J connectivity index is 1.80. The number of nitro benzene ring substituents is 1. The molecule has 40 heavy (non-hydrogen) atoms. The molecule has 0 spiro atoms. The van der Waals surface area contributed by atoms with Crippen molar-refractivity contribution in [2.24, 2.45) is 5.92 Å². The van der Waals surface area contributed by atoms with Gasteiger partial charge in [-0.25, -0.2) is 0 Å². The van der Waals surface area contributed by atoms with Gasteiger partial charge in [0.2, 0.25) is 17.7 Å². The second-order valence-electron chi connectivity index (χ2n) is 11.0. The van der Waals surface area contributed by atoms with E-state index in [1.54, 1.807) is 0 Å². The molecule has 5 atom stereocenters. The highest BCUT2D eigenvalue weighted by atomic mass is 32.2. The van der Waals surface area contributed by atoms with Gasteiger partial charge in [0.1, 0.15) is 0 Å². The van der Waals surface area contributed by atoms with Gasteiger partial charge in [-0.05, 0) is 40.7 Å². The van der Waals surface area contributed by atoms with Crippen molar-refractivity contribution in [3.8, 4) is 5.75 Å². The van der Waals surface area contributed by atoms with Crippen LogP contribution in [0.5, 0.6) is 5.75 Å². The number of nitrogens with one attached hydrogen (secondary N) is 1. The Hall–Kier alpha value is -2.61. The Morgan fingerprint density at radius 2 is 1.88 bits per heavy atom. The number of aliphatic hydroxyl groups is 1. The van der Waals surface area contributed by atoms with Gasteiger partial charge in [0.05, 0.1) is 17.6 Å². The van der Waals surface area contributed by atoms with Crippen LogP contribution in [0.15, 0.2) is 36.4 Å². The number of ether oxygens (including phenoxy) is 2. The molecule has 0 bridgehead atoms. The molecule has 2 aromatic rings. The third-order valence-electron chi connectivity index (χ3n) is 6.74. The molecule has 3 rings (SSSR count). The monoisotopic (exact) mass is 590 g/mol. The molecule has 2 aromatic carbocycles. The fourth-order valence-electron chi connectivity index (χ4n) is 4.60. The van der Waals surface area contributed by atoms with Crippen LogP contribution in [0, 0.1) is 21.8 Å². The number of aliphatic hydroxyl groups excluding tert-OH is 1. The fourth-order valence-corrected chi connectivity index (χ4v) is 6.25. The van der Waals surface area contributed by atoms with Crippen molar-refractivity contribution in [3.05, 3.63) is 69.0 Å². The Morgan fingerprint density at radius 3 is 2.48 bits per heavy atom. The topological polar surface area (TPSA) is 111 Å². The summed E-state index contributed by atoms with van der Waals surface area (Å²) in [6, 6.07) is 9.18. The first kappa shape index (κ1) is 31.9. The maximum absolute atomic E-state index is 14.8. The van der Waals surface area contributed by atoms with Crippen molar-refractivity contribution in [1.82, 2.24) is 5.32 Å². The number of hydrogen-bond donors (Lipinski definition) is 2. The lowest BCUT2D eigenvalue weighted by molar-refractivity contribution is -0.389. The van der Waals surface area contributed by atoms with E-state index in [0.29, 0.717) is 6.54 Å². The molecule has 1 fully saturated rings. The predicted molar refractivity (Wildman–Crippen MR) is 142 cm³/mol. The van der Waals surface area contributed by atoms with Crippen LogP contribution in [0.1, 0.15) is 37.5 Å². The summed E-state index contributed by atoms with van der Waals surface area (Å²) in [5.74, 6) is -2.68. The Bertz CT molecular complexity index is 1220. The lowest BCUT2D eigenvalue weighted by Gasteiger charge is -2.35. The maximum atomic E-state index is 14.8. The highest BCUT2D eigenvalue weighted by Gasteiger charge is 2.43. The number of alkyl halides is 3. The molecule has 0 radical (unpaired) electrons. The van der Waals surface area contributed by atoms with Crippen molar-refractivity contribution < 1.29 is 41.3 Å². The molecule has 0 aromatic heterocycles. The molecule has 1 aliphatic heterocycles. The van der Waals surface area contributed by atoms with E-state index >= 15 is 0 Å². The normalized spacial score (nSPS) is 22.6. The molecule has 8 nitrogen and oxygen atoms in total. The molecule has 1 saturated heterocycles. The molecule has 0 unspecified atom stereocenters. The van der Waals surface area contributed by atoms with Gasteiger partial charge in [-0.1, -0.05) is 45.0 Å². The standard InChI is InChI=1S/C27H34F4N2O6S/c1-26(2,3)19-7-5-6-16(9-19)12-32-21-15-40(37)14-18(25(21)34)8-17-10-20(28)24(33(35)36)22(11-17)39-23(13-38-4)27(29,30)31/h5-7,9-11,18,21,23,25,32,34H,8,12-15H2,1-4H3/t18-,21+,23-,25+,40-/m1/s1. The van der Waals surface area contributed by atoms with E-state index in [1.165, 1.54) is 0 Å². The van der Waals surface area contributed by atoms with Crippen LogP contribution in [0.3, 0.4) is 0 Å². The van der Waals surface area contributed by atoms with Crippen molar-refractivity contribution in [2.45, 2.75) is 63.6 Å². The number of methoxy groups -OCH3 is 1. The van der Waals surface area contributed by atoms with Crippen molar-refractivity contribution in [3.63, 3.8) is 0 Å². The first-order valence-corrected chi connectivity index (χ1v) is 14.1. The summed E-state index contributed by atoms with van der Waals surface area (Å²) in [6.07, 6.45) is -8.60. The summed E-state index contributed by atoms with van der Waals surface area (Å²) in [6.45, 7) is 5.72. The summed E-state index contributed by atoms with van der Waals surface area (Å²) in [4.78, 5) is 10.3. The molecular formula is C27H34F4N2O6S. The summed E-state index contributed by atoms with van der Waals surface area (Å²) >= 11 is 0. The lowest BCUT2D eigenvalue weighted by Crippen LogP contribution is -2.53. The zero-order valence-corrected chi connectivity index (χ0v) is 23.5. The van der Waals surface area contributed by atoms with E-state index in [-0.39, 0.29) is 28.9 Å². The minimum atomic E-state index is -4.93. The largest absolute Gasteiger partial charge is 0.471 e. The number of benzene rings is 2. The first-order chi connectivity index (χ1) is 18.6. The second kappa shape index (κ2) is 12.9. The van der Waals surface area contributed by atoms with Gasteiger partial charge in [-0.15, -0.1) is 0 Å². The molecular weight excluding hydrogens is 556 g/mol. The Kier molecular flexibility index (Phi) is 10.3. The number of halogens is 4. The smallest absolute Gasteiger partial charge is 0.427 e. The zero-order valence-electron chi connectivity index (χ0n) is 22.7. The van der Waals surface area contributed by atoms with E-state index in [9.17, 15) is 37.0 Å². The van der Waals surface area contributed by atoms with Crippen LogP contribution in [0.4, 0.5) is 23.2 Å². The number of nitro groups is 1. The van der Waals surface area contributed by atoms with Crippen LogP contribution in [-0.4, -0.2) is 63.9 Å². The van der Waals surface area contributed by atoms with Crippen LogP contribution < -0.4 is 10.1 Å². The SMILES string of the molecule is COC[C@@H](Oc1cc(C[C@@H]2C[S@@](=O)C[C@H](NCc3cccc(C(C)(C)C)c3)[C@H]2O)cc(F)c1[N+](=O)[O-])C(F)(F)F. The van der Waals surface area contributed by atoms with Crippen molar-refractivity contribution >= 4 is 16.5 Å². The van der Waals surface area contributed by atoms with Gasteiger partial charge in [0.15, 0.2) is 0 Å². The summed E-state index contributed by atoms with van der Waals surface area (Å²) in [7, 11) is -0.334. The summed E-state index contributed by atoms with van der Waals surface area (Å²) in [5.41, 5.74) is 0.880. The molecule has 0 amide bonds. The highest BCUT2D eigenvalue weighted by Crippen LogP contribution is 2.36. The van der Waals surface area contributed by atoms with Gasteiger partial charge in [-0.2, -0.15) is 17.6 Å². The van der Waals surface area contributed by atoms with Crippen LogP contribution in [0.2, 0.25) is 0 Å². The van der Waals surface area contributed by atoms with Gasteiger partial charge in [0, 0.05) is 47.9 Å². The fraction of sp³-hybridized carbons (Fsp3) is 0.556. The van der Waals surface area contributed by atoms with E-state index in [4.69, 9.17) is 4.74 Å². The summed E-state index contributed by atoms with van der Waals surface area (Å²) < 4.78 is 76.9. The molecule has 2 N–H and O–H groups in total.